The van der Waals surface area contributed by atoms with Crippen molar-refractivity contribution in [3.05, 3.63) is 90.8 Å². The minimum Gasteiger partial charge on any atom is -0.276 e. The average molecular weight is 480 g/mol. The number of hydrogen-bond acceptors (Lipinski definition) is 5. The molecule has 7 nitrogen and oxygen atoms in total. The molecular formula is C27H21N5O2S. The summed E-state index contributed by atoms with van der Waals surface area (Å²) < 4.78 is 25.3. The second kappa shape index (κ2) is 8.26. The van der Waals surface area contributed by atoms with Crippen LogP contribution in [0.2, 0.25) is 0 Å². The first-order valence-corrected chi connectivity index (χ1v) is 13.0. The van der Waals surface area contributed by atoms with Gasteiger partial charge in [-0.3, -0.25) is 15.1 Å². The minimum absolute atomic E-state index is 0.246. The number of nitrogens with one attached hydrogen (secondary N) is 2. The number of nitrogens with zero attached hydrogens (tertiary/aromatic N) is 3. The van der Waals surface area contributed by atoms with E-state index in [2.05, 4.69) is 49.2 Å². The maximum atomic E-state index is 11.4. The van der Waals surface area contributed by atoms with Gasteiger partial charge in [-0.15, -0.1) is 0 Å². The molecule has 0 saturated carbocycles. The highest BCUT2D eigenvalue weighted by atomic mass is 32.2. The van der Waals surface area contributed by atoms with Crippen molar-refractivity contribution in [2.24, 2.45) is 0 Å². The number of aromatic nitrogens is 4. The van der Waals surface area contributed by atoms with Gasteiger partial charge >= 0.3 is 0 Å². The minimum atomic E-state index is -3.25. The molecule has 2 N–H and O–H groups in total. The van der Waals surface area contributed by atoms with Crippen LogP contribution in [0.3, 0.4) is 0 Å². The SMILES string of the molecule is CS(=O)(=O)NCc1ccc(-c2n[nH]c3cnc4ccc(-c5cnc6ccccc6c5)cc4c23)cc1. The fraction of sp³-hybridized carbons (Fsp3) is 0.0741. The quantitative estimate of drug-likeness (QED) is 0.361. The summed E-state index contributed by atoms with van der Waals surface area (Å²) in [5, 5.41) is 10.8. The Hall–Kier alpha value is -4.14. The molecule has 0 aliphatic carbocycles. The van der Waals surface area contributed by atoms with E-state index in [-0.39, 0.29) is 6.54 Å². The fourth-order valence-electron chi connectivity index (χ4n) is 4.32. The lowest BCUT2D eigenvalue weighted by Gasteiger charge is -2.08. The molecule has 35 heavy (non-hydrogen) atoms. The highest BCUT2D eigenvalue weighted by Gasteiger charge is 2.14. The molecule has 6 aromatic rings. The van der Waals surface area contributed by atoms with Crippen molar-refractivity contribution in [1.82, 2.24) is 24.9 Å². The summed E-state index contributed by atoms with van der Waals surface area (Å²) >= 11 is 0. The number of benzene rings is 3. The van der Waals surface area contributed by atoms with Gasteiger partial charge in [-0.05, 0) is 35.4 Å². The topological polar surface area (TPSA) is 101 Å². The number of fused-ring (bicyclic) bond motifs is 4. The summed E-state index contributed by atoms with van der Waals surface area (Å²) in [6.45, 7) is 0.246. The highest BCUT2D eigenvalue weighted by molar-refractivity contribution is 7.88. The summed E-state index contributed by atoms with van der Waals surface area (Å²) in [4.78, 5) is 9.23. The lowest BCUT2D eigenvalue weighted by Crippen LogP contribution is -2.21. The molecule has 3 heterocycles. The normalized spacial score (nSPS) is 12.0. The third-order valence-electron chi connectivity index (χ3n) is 6.08. The molecule has 0 amide bonds. The van der Waals surface area contributed by atoms with Crippen molar-refractivity contribution in [3.63, 3.8) is 0 Å². The molecule has 3 aromatic heterocycles. The largest absolute Gasteiger partial charge is 0.276 e. The van der Waals surface area contributed by atoms with E-state index in [4.69, 9.17) is 0 Å². The molecule has 0 spiro atoms. The fourth-order valence-corrected chi connectivity index (χ4v) is 4.75. The van der Waals surface area contributed by atoms with Crippen LogP contribution in [0.4, 0.5) is 0 Å². The van der Waals surface area contributed by atoms with E-state index < -0.39 is 10.0 Å². The molecular weight excluding hydrogens is 458 g/mol. The van der Waals surface area contributed by atoms with Crippen LogP contribution in [0, 0.1) is 0 Å². The lowest BCUT2D eigenvalue weighted by atomic mass is 9.99. The first-order chi connectivity index (χ1) is 16.9. The van der Waals surface area contributed by atoms with E-state index in [1.165, 1.54) is 0 Å². The van der Waals surface area contributed by atoms with Crippen LogP contribution in [-0.4, -0.2) is 34.8 Å². The number of sulfonamides is 1. The summed E-state index contributed by atoms with van der Waals surface area (Å²) in [6.07, 6.45) is 4.85. The van der Waals surface area contributed by atoms with Gasteiger partial charge in [0.25, 0.3) is 0 Å². The molecule has 0 unspecified atom stereocenters. The Morgan fingerprint density at radius 3 is 2.43 bits per heavy atom. The van der Waals surface area contributed by atoms with Crippen LogP contribution in [-0.2, 0) is 16.6 Å². The number of hydrogen-bond donors (Lipinski definition) is 2. The van der Waals surface area contributed by atoms with Gasteiger partial charge in [0, 0.05) is 40.0 Å². The molecule has 8 heteroatoms. The summed E-state index contributed by atoms with van der Waals surface area (Å²) in [5.41, 5.74) is 7.42. The zero-order chi connectivity index (χ0) is 24.0. The number of aromatic amines is 1. The number of pyridine rings is 2. The van der Waals surface area contributed by atoms with Crippen molar-refractivity contribution in [1.29, 1.82) is 0 Å². The van der Waals surface area contributed by atoms with E-state index in [1.54, 1.807) is 6.20 Å². The van der Waals surface area contributed by atoms with Crippen molar-refractivity contribution in [3.8, 4) is 22.4 Å². The van der Waals surface area contributed by atoms with Gasteiger partial charge < -0.3 is 0 Å². The molecule has 172 valence electrons. The van der Waals surface area contributed by atoms with Crippen LogP contribution in [0.15, 0.2) is 85.2 Å². The van der Waals surface area contributed by atoms with Gasteiger partial charge in [-0.2, -0.15) is 5.10 Å². The van der Waals surface area contributed by atoms with E-state index in [1.807, 2.05) is 54.7 Å². The molecule has 3 aromatic carbocycles. The van der Waals surface area contributed by atoms with Crippen molar-refractivity contribution >= 4 is 42.7 Å². The number of rotatable bonds is 5. The van der Waals surface area contributed by atoms with E-state index >= 15 is 0 Å². The van der Waals surface area contributed by atoms with Crippen LogP contribution in [0.5, 0.6) is 0 Å². The number of H-pyrrole nitrogens is 1. The molecule has 0 saturated heterocycles. The molecule has 0 bridgehead atoms. The summed E-state index contributed by atoms with van der Waals surface area (Å²) in [7, 11) is -3.25. The predicted octanol–water partition coefficient (Wildman–Crippen LogP) is 5.04. The third kappa shape index (κ3) is 4.14. The Labute approximate surface area is 201 Å². The number of para-hydroxylation sites is 1. The van der Waals surface area contributed by atoms with Gasteiger partial charge in [0.05, 0.1) is 29.0 Å². The van der Waals surface area contributed by atoms with Crippen molar-refractivity contribution in [2.75, 3.05) is 6.26 Å². The van der Waals surface area contributed by atoms with Crippen LogP contribution < -0.4 is 4.72 Å². The van der Waals surface area contributed by atoms with Gasteiger partial charge in [-0.25, -0.2) is 13.1 Å². The maximum Gasteiger partial charge on any atom is 0.209 e. The Bertz CT molecular complexity index is 1830. The molecule has 0 radical (unpaired) electrons. The van der Waals surface area contributed by atoms with Crippen molar-refractivity contribution < 1.29 is 8.42 Å². The second-order valence-corrected chi connectivity index (χ2v) is 10.4. The molecule has 6 rings (SSSR count). The first-order valence-electron chi connectivity index (χ1n) is 11.1. The lowest BCUT2D eigenvalue weighted by molar-refractivity contribution is 0.587. The standard InChI is InChI=1S/C27H21N5O2S/c1-35(33,34)30-14-17-6-8-18(9-7-17)27-26-22-13-19(10-11-24(22)29-16-25(26)31-32-27)21-12-20-4-2-3-5-23(20)28-15-21/h2-13,15-16,30H,14H2,1H3,(H,31,32). The van der Waals surface area contributed by atoms with Crippen LogP contribution in [0.1, 0.15) is 5.56 Å². The van der Waals surface area contributed by atoms with E-state index in [0.717, 1.165) is 66.9 Å². The van der Waals surface area contributed by atoms with Gasteiger partial charge in [0.2, 0.25) is 10.0 Å². The van der Waals surface area contributed by atoms with Gasteiger partial charge in [-0.1, -0.05) is 48.5 Å². The molecule has 0 aliphatic heterocycles. The zero-order valence-corrected chi connectivity index (χ0v) is 19.7. The van der Waals surface area contributed by atoms with Crippen molar-refractivity contribution in [2.45, 2.75) is 6.54 Å². The maximum absolute atomic E-state index is 11.4. The van der Waals surface area contributed by atoms with Gasteiger partial charge in [0.15, 0.2) is 0 Å². The van der Waals surface area contributed by atoms with E-state index in [0.29, 0.717) is 0 Å². The second-order valence-electron chi connectivity index (χ2n) is 8.56. The molecule has 0 aliphatic rings. The highest BCUT2D eigenvalue weighted by Crippen LogP contribution is 2.34. The van der Waals surface area contributed by atoms with Crippen LogP contribution >= 0.6 is 0 Å². The molecule has 0 atom stereocenters. The summed E-state index contributed by atoms with van der Waals surface area (Å²) in [5.74, 6) is 0. The Morgan fingerprint density at radius 1 is 0.829 bits per heavy atom. The Morgan fingerprint density at radius 2 is 1.60 bits per heavy atom. The zero-order valence-electron chi connectivity index (χ0n) is 18.9. The Balaban J connectivity index is 1.45. The summed E-state index contributed by atoms with van der Waals surface area (Å²) in [6, 6.07) is 24.2. The van der Waals surface area contributed by atoms with Gasteiger partial charge in [0.1, 0.15) is 5.69 Å². The third-order valence-corrected chi connectivity index (χ3v) is 6.75. The molecule has 0 fully saturated rings. The monoisotopic (exact) mass is 479 g/mol. The predicted molar refractivity (Wildman–Crippen MR) is 139 cm³/mol. The Kier molecular flexibility index (Phi) is 5.05. The first kappa shape index (κ1) is 21.4. The average Bonchev–Trinajstić information content (AvgIpc) is 3.31. The van der Waals surface area contributed by atoms with Crippen LogP contribution in [0.25, 0.3) is 55.1 Å². The van der Waals surface area contributed by atoms with E-state index in [9.17, 15) is 8.42 Å². The smallest absolute Gasteiger partial charge is 0.209 e.